The predicted molar refractivity (Wildman–Crippen MR) is 55.2 cm³/mol. The minimum absolute atomic E-state index is 0.345. The van der Waals surface area contributed by atoms with Gasteiger partial charge >= 0.3 is 5.97 Å². The summed E-state index contributed by atoms with van der Waals surface area (Å²) in [6.07, 6.45) is 3.10. The van der Waals surface area contributed by atoms with Crippen LogP contribution in [-0.2, 0) is 9.53 Å². The molecule has 0 fully saturated rings. The highest BCUT2D eigenvalue weighted by atomic mass is 79.9. The van der Waals surface area contributed by atoms with E-state index in [1.807, 2.05) is 24.3 Å². The molecule has 0 bridgehead atoms. The average molecular weight is 241 g/mol. The van der Waals surface area contributed by atoms with Gasteiger partial charge in [-0.2, -0.15) is 0 Å². The Labute approximate surface area is 85.3 Å². The van der Waals surface area contributed by atoms with Crippen molar-refractivity contribution in [2.45, 2.75) is 0 Å². The monoisotopic (exact) mass is 240 g/mol. The number of ether oxygens (including phenoxy) is 1. The molecule has 0 spiro atoms. The summed E-state index contributed by atoms with van der Waals surface area (Å²) in [6.45, 7) is 0. The molecular formula is C10H9BrO2. The summed E-state index contributed by atoms with van der Waals surface area (Å²) >= 11 is 3.32. The molecule has 0 aliphatic heterocycles. The van der Waals surface area contributed by atoms with E-state index in [4.69, 9.17) is 0 Å². The number of hydrogen-bond acceptors (Lipinski definition) is 2. The Bertz CT molecular complexity index is 314. The largest absolute Gasteiger partial charge is 0.466 e. The molecule has 68 valence electrons. The second-order valence-electron chi connectivity index (χ2n) is 2.41. The zero-order valence-corrected chi connectivity index (χ0v) is 8.74. The highest BCUT2D eigenvalue weighted by Crippen LogP contribution is 2.11. The van der Waals surface area contributed by atoms with Crippen molar-refractivity contribution in [2.75, 3.05) is 7.11 Å². The van der Waals surface area contributed by atoms with Crippen LogP contribution in [0.3, 0.4) is 0 Å². The van der Waals surface area contributed by atoms with Gasteiger partial charge in [-0.3, -0.25) is 0 Å². The number of rotatable bonds is 2. The van der Waals surface area contributed by atoms with Crippen LogP contribution in [0.4, 0.5) is 0 Å². The first-order valence-corrected chi connectivity index (χ1v) is 4.53. The number of benzene rings is 1. The smallest absolute Gasteiger partial charge is 0.330 e. The Morgan fingerprint density at radius 3 is 2.54 bits per heavy atom. The summed E-state index contributed by atoms with van der Waals surface area (Å²) in [6, 6.07) is 7.64. The van der Waals surface area contributed by atoms with Gasteiger partial charge in [0.2, 0.25) is 0 Å². The third kappa shape index (κ3) is 3.42. The molecule has 0 N–H and O–H groups in total. The third-order valence-corrected chi connectivity index (χ3v) is 2.01. The van der Waals surface area contributed by atoms with E-state index in [0.717, 1.165) is 10.0 Å². The molecule has 13 heavy (non-hydrogen) atoms. The van der Waals surface area contributed by atoms with Crippen molar-refractivity contribution in [3.63, 3.8) is 0 Å². The van der Waals surface area contributed by atoms with E-state index in [1.165, 1.54) is 13.2 Å². The van der Waals surface area contributed by atoms with Crippen molar-refractivity contribution in [3.05, 3.63) is 40.4 Å². The van der Waals surface area contributed by atoms with Crippen LogP contribution in [0, 0.1) is 0 Å². The molecule has 0 aliphatic rings. The van der Waals surface area contributed by atoms with Crippen molar-refractivity contribution >= 4 is 28.0 Å². The van der Waals surface area contributed by atoms with Crippen molar-refractivity contribution in [3.8, 4) is 0 Å². The lowest BCUT2D eigenvalue weighted by Crippen LogP contribution is -1.93. The van der Waals surface area contributed by atoms with Crippen LogP contribution in [0.5, 0.6) is 0 Å². The molecule has 0 aliphatic carbocycles. The summed E-state index contributed by atoms with van der Waals surface area (Å²) in [5.74, 6) is -0.345. The van der Waals surface area contributed by atoms with Crippen LogP contribution in [-0.4, -0.2) is 13.1 Å². The fourth-order valence-corrected chi connectivity index (χ4v) is 1.07. The van der Waals surface area contributed by atoms with E-state index in [-0.39, 0.29) is 5.97 Å². The first-order chi connectivity index (χ1) is 6.22. The molecule has 0 atom stereocenters. The quantitative estimate of drug-likeness (QED) is 0.587. The van der Waals surface area contributed by atoms with E-state index in [0.29, 0.717) is 0 Å². The lowest BCUT2D eigenvalue weighted by Gasteiger charge is -1.93. The fourth-order valence-electron chi connectivity index (χ4n) is 0.806. The maximum Gasteiger partial charge on any atom is 0.330 e. The van der Waals surface area contributed by atoms with Crippen molar-refractivity contribution < 1.29 is 9.53 Å². The molecule has 0 radical (unpaired) electrons. The molecule has 1 aromatic carbocycles. The molecule has 1 rings (SSSR count). The van der Waals surface area contributed by atoms with Crippen molar-refractivity contribution in [2.24, 2.45) is 0 Å². The summed E-state index contributed by atoms with van der Waals surface area (Å²) < 4.78 is 5.48. The molecule has 0 saturated carbocycles. The van der Waals surface area contributed by atoms with Gasteiger partial charge in [-0.25, -0.2) is 4.79 Å². The minimum Gasteiger partial charge on any atom is -0.466 e. The van der Waals surface area contributed by atoms with E-state index < -0.39 is 0 Å². The van der Waals surface area contributed by atoms with Crippen LogP contribution < -0.4 is 0 Å². The minimum atomic E-state index is -0.345. The number of esters is 1. The first-order valence-electron chi connectivity index (χ1n) is 3.74. The molecule has 3 heteroatoms. The van der Waals surface area contributed by atoms with Crippen LogP contribution in [0.2, 0.25) is 0 Å². The highest BCUT2D eigenvalue weighted by molar-refractivity contribution is 9.10. The van der Waals surface area contributed by atoms with Gasteiger partial charge in [0.05, 0.1) is 7.11 Å². The third-order valence-electron chi connectivity index (χ3n) is 1.48. The van der Waals surface area contributed by atoms with Crippen LogP contribution in [0.1, 0.15) is 5.56 Å². The van der Waals surface area contributed by atoms with Crippen LogP contribution in [0.25, 0.3) is 6.08 Å². The Morgan fingerprint density at radius 2 is 2.00 bits per heavy atom. The van der Waals surface area contributed by atoms with Crippen LogP contribution in [0.15, 0.2) is 34.8 Å². The summed E-state index contributed by atoms with van der Waals surface area (Å²) in [5.41, 5.74) is 0.966. The second kappa shape index (κ2) is 4.82. The Balaban J connectivity index is 2.69. The number of halogens is 1. The van der Waals surface area contributed by atoms with Crippen molar-refractivity contribution in [1.29, 1.82) is 0 Å². The van der Waals surface area contributed by atoms with E-state index in [2.05, 4.69) is 20.7 Å². The summed E-state index contributed by atoms with van der Waals surface area (Å²) in [4.78, 5) is 10.7. The van der Waals surface area contributed by atoms with Gasteiger partial charge in [0, 0.05) is 10.5 Å². The number of hydrogen-bond donors (Lipinski definition) is 0. The lowest BCUT2D eigenvalue weighted by atomic mass is 10.2. The van der Waals surface area contributed by atoms with Crippen LogP contribution >= 0.6 is 15.9 Å². The van der Waals surface area contributed by atoms with Gasteiger partial charge in [0.15, 0.2) is 0 Å². The number of methoxy groups -OCH3 is 1. The van der Waals surface area contributed by atoms with E-state index in [1.54, 1.807) is 6.08 Å². The first kappa shape index (κ1) is 9.99. The normalized spacial score (nSPS) is 10.3. The number of carbonyl (C=O) groups excluding carboxylic acids is 1. The molecule has 0 heterocycles. The topological polar surface area (TPSA) is 26.3 Å². The molecule has 1 aromatic rings. The van der Waals surface area contributed by atoms with Gasteiger partial charge < -0.3 is 4.74 Å². The SMILES string of the molecule is COC(=O)/C=C/c1ccc(Br)cc1. The zero-order valence-electron chi connectivity index (χ0n) is 7.16. The van der Waals surface area contributed by atoms with Gasteiger partial charge in [0.25, 0.3) is 0 Å². The average Bonchev–Trinajstić information content (AvgIpc) is 2.16. The Morgan fingerprint density at radius 1 is 1.38 bits per heavy atom. The fraction of sp³-hybridized carbons (Fsp3) is 0.100. The maximum absolute atomic E-state index is 10.7. The summed E-state index contributed by atoms with van der Waals surface area (Å²) in [7, 11) is 1.36. The second-order valence-corrected chi connectivity index (χ2v) is 3.32. The standard InChI is InChI=1S/C10H9BrO2/c1-13-10(12)7-4-8-2-5-9(11)6-3-8/h2-7H,1H3/b7-4+. The lowest BCUT2D eigenvalue weighted by molar-refractivity contribution is -0.134. The van der Waals surface area contributed by atoms with Gasteiger partial charge in [-0.1, -0.05) is 28.1 Å². The maximum atomic E-state index is 10.7. The van der Waals surface area contributed by atoms with Crippen molar-refractivity contribution in [1.82, 2.24) is 0 Å². The zero-order chi connectivity index (χ0) is 9.68. The predicted octanol–water partition coefficient (Wildman–Crippen LogP) is 2.64. The van der Waals surface area contributed by atoms with E-state index >= 15 is 0 Å². The molecule has 0 amide bonds. The Kier molecular flexibility index (Phi) is 3.71. The van der Waals surface area contributed by atoms with Gasteiger partial charge in [-0.05, 0) is 23.8 Å². The highest BCUT2D eigenvalue weighted by Gasteiger charge is 1.91. The Hall–Kier alpha value is -1.09. The van der Waals surface area contributed by atoms with E-state index in [9.17, 15) is 4.79 Å². The summed E-state index contributed by atoms with van der Waals surface area (Å²) in [5, 5.41) is 0. The number of carbonyl (C=O) groups is 1. The molecule has 0 unspecified atom stereocenters. The molecule has 0 aromatic heterocycles. The van der Waals surface area contributed by atoms with Gasteiger partial charge in [0.1, 0.15) is 0 Å². The molecule has 0 saturated heterocycles. The molecule has 2 nitrogen and oxygen atoms in total. The molecular weight excluding hydrogens is 232 g/mol. The van der Waals surface area contributed by atoms with Gasteiger partial charge in [-0.15, -0.1) is 0 Å².